The van der Waals surface area contributed by atoms with Crippen molar-refractivity contribution in [2.45, 2.75) is 12.5 Å². The smallest absolute Gasteiger partial charge is 0.224 e. The van der Waals surface area contributed by atoms with Gasteiger partial charge in [0, 0.05) is 5.33 Å². The fourth-order valence-electron chi connectivity index (χ4n) is 1.72. The first-order valence-corrected chi connectivity index (χ1v) is 7.77. The average Bonchev–Trinajstić information content (AvgIpc) is 2.90. The molecule has 1 unspecified atom stereocenters. The first-order chi connectivity index (χ1) is 8.79. The van der Waals surface area contributed by atoms with Gasteiger partial charge in [-0.3, -0.25) is 4.79 Å². The highest BCUT2D eigenvalue weighted by Crippen LogP contribution is 2.15. The van der Waals surface area contributed by atoms with Crippen molar-refractivity contribution < 1.29 is 4.79 Å². The summed E-state index contributed by atoms with van der Waals surface area (Å²) in [6.45, 7) is 0. The molecule has 0 bridgehead atoms. The van der Waals surface area contributed by atoms with E-state index in [0.29, 0.717) is 11.8 Å². The number of benzene rings is 1. The lowest BCUT2D eigenvalue weighted by Crippen LogP contribution is -2.30. The molecule has 1 amide bonds. The van der Waals surface area contributed by atoms with Crippen LogP contribution in [0.3, 0.4) is 0 Å². The van der Waals surface area contributed by atoms with E-state index in [0.717, 1.165) is 11.1 Å². The Morgan fingerprint density at radius 2 is 2.06 bits per heavy atom. The number of amides is 1. The van der Waals surface area contributed by atoms with Crippen LogP contribution in [0.4, 0.5) is 0 Å². The van der Waals surface area contributed by atoms with E-state index in [2.05, 4.69) is 21.2 Å². The zero-order valence-electron chi connectivity index (χ0n) is 9.80. The maximum Gasteiger partial charge on any atom is 0.224 e. The van der Waals surface area contributed by atoms with E-state index in [1.54, 1.807) is 11.3 Å². The maximum absolute atomic E-state index is 11.9. The van der Waals surface area contributed by atoms with Gasteiger partial charge in [-0.25, -0.2) is 0 Å². The minimum absolute atomic E-state index is 0.0253. The Kier molecular flexibility index (Phi) is 4.96. The molecule has 0 saturated heterocycles. The van der Waals surface area contributed by atoms with E-state index in [9.17, 15) is 4.79 Å². The number of hydrogen-bond donors (Lipinski definition) is 1. The number of alkyl halides is 1. The largest absolute Gasteiger partial charge is 0.348 e. The lowest BCUT2D eigenvalue weighted by Gasteiger charge is -2.16. The lowest BCUT2D eigenvalue weighted by atomic mass is 10.1. The molecule has 0 saturated carbocycles. The topological polar surface area (TPSA) is 29.1 Å². The Morgan fingerprint density at radius 1 is 1.28 bits per heavy atom. The Labute approximate surface area is 119 Å². The first kappa shape index (κ1) is 13.3. The van der Waals surface area contributed by atoms with Crippen LogP contribution in [0.1, 0.15) is 17.2 Å². The third kappa shape index (κ3) is 3.68. The van der Waals surface area contributed by atoms with Crippen LogP contribution in [-0.2, 0) is 11.2 Å². The Bertz CT molecular complexity index is 484. The molecule has 0 aliphatic rings. The van der Waals surface area contributed by atoms with E-state index in [1.807, 2.05) is 47.2 Å². The van der Waals surface area contributed by atoms with Crippen molar-refractivity contribution in [2.75, 3.05) is 5.33 Å². The van der Waals surface area contributed by atoms with Crippen molar-refractivity contribution in [1.82, 2.24) is 5.32 Å². The quantitative estimate of drug-likeness (QED) is 0.838. The highest BCUT2D eigenvalue weighted by molar-refractivity contribution is 9.09. The summed E-state index contributed by atoms with van der Waals surface area (Å²) < 4.78 is 0. The summed E-state index contributed by atoms with van der Waals surface area (Å²) in [6.07, 6.45) is 0.444. The first-order valence-electron chi connectivity index (χ1n) is 5.71. The van der Waals surface area contributed by atoms with Crippen LogP contribution in [0.2, 0.25) is 0 Å². The van der Waals surface area contributed by atoms with Crippen molar-refractivity contribution in [3.05, 3.63) is 58.3 Å². The standard InChI is InChI=1S/C14H14BrNOS/c15-9-13(12-4-2-1-3-5-12)16-14(17)8-11-6-7-18-10-11/h1-7,10,13H,8-9H2,(H,16,17). The van der Waals surface area contributed by atoms with Gasteiger partial charge in [0.2, 0.25) is 5.91 Å². The molecule has 1 N–H and O–H groups in total. The number of thiophene rings is 1. The number of hydrogen-bond acceptors (Lipinski definition) is 2. The van der Waals surface area contributed by atoms with Gasteiger partial charge in [0.25, 0.3) is 0 Å². The number of halogens is 1. The van der Waals surface area contributed by atoms with Crippen molar-refractivity contribution in [3.8, 4) is 0 Å². The van der Waals surface area contributed by atoms with E-state index in [4.69, 9.17) is 0 Å². The van der Waals surface area contributed by atoms with Crippen molar-refractivity contribution in [3.63, 3.8) is 0 Å². The molecule has 1 heterocycles. The van der Waals surface area contributed by atoms with Gasteiger partial charge in [0.05, 0.1) is 12.5 Å². The van der Waals surface area contributed by atoms with Crippen LogP contribution in [0.15, 0.2) is 47.2 Å². The van der Waals surface area contributed by atoms with Crippen LogP contribution in [-0.4, -0.2) is 11.2 Å². The molecule has 2 rings (SSSR count). The average molecular weight is 324 g/mol. The highest BCUT2D eigenvalue weighted by Gasteiger charge is 2.13. The Hall–Kier alpha value is -1.13. The van der Waals surface area contributed by atoms with Gasteiger partial charge >= 0.3 is 0 Å². The zero-order valence-corrected chi connectivity index (χ0v) is 12.2. The van der Waals surface area contributed by atoms with Crippen molar-refractivity contribution in [1.29, 1.82) is 0 Å². The van der Waals surface area contributed by atoms with Crippen LogP contribution in [0.25, 0.3) is 0 Å². The van der Waals surface area contributed by atoms with Gasteiger partial charge in [-0.05, 0) is 28.0 Å². The van der Waals surface area contributed by atoms with Gasteiger partial charge in [-0.15, -0.1) is 0 Å². The molecule has 18 heavy (non-hydrogen) atoms. The number of carbonyl (C=O) groups is 1. The molecule has 4 heteroatoms. The predicted octanol–water partition coefficient (Wildman–Crippen LogP) is 3.54. The van der Waals surface area contributed by atoms with E-state index in [-0.39, 0.29) is 11.9 Å². The second-order valence-corrected chi connectivity index (χ2v) is 5.42. The van der Waals surface area contributed by atoms with Gasteiger partial charge in [-0.1, -0.05) is 46.3 Å². The van der Waals surface area contributed by atoms with Gasteiger partial charge < -0.3 is 5.32 Å². The molecule has 0 fully saturated rings. The number of rotatable bonds is 5. The molecular formula is C14H14BrNOS. The molecule has 2 nitrogen and oxygen atoms in total. The van der Waals surface area contributed by atoms with E-state index < -0.39 is 0 Å². The molecule has 94 valence electrons. The summed E-state index contributed by atoms with van der Waals surface area (Å²) >= 11 is 5.06. The molecule has 0 aliphatic carbocycles. The maximum atomic E-state index is 11.9. The lowest BCUT2D eigenvalue weighted by molar-refractivity contribution is -0.121. The zero-order chi connectivity index (χ0) is 12.8. The summed E-state index contributed by atoms with van der Waals surface area (Å²) in [6, 6.07) is 12.0. The highest BCUT2D eigenvalue weighted by atomic mass is 79.9. The van der Waals surface area contributed by atoms with E-state index >= 15 is 0 Å². The minimum Gasteiger partial charge on any atom is -0.348 e. The molecule has 1 aromatic heterocycles. The fraction of sp³-hybridized carbons (Fsp3) is 0.214. The second kappa shape index (κ2) is 6.71. The summed E-state index contributed by atoms with van der Waals surface area (Å²) in [5.74, 6) is 0.0571. The molecule has 2 aromatic rings. The van der Waals surface area contributed by atoms with Gasteiger partial charge in [-0.2, -0.15) is 11.3 Å². The summed E-state index contributed by atoms with van der Waals surface area (Å²) in [5.41, 5.74) is 2.19. The van der Waals surface area contributed by atoms with Crippen molar-refractivity contribution in [2.24, 2.45) is 0 Å². The normalized spacial score (nSPS) is 12.1. The van der Waals surface area contributed by atoms with Crippen LogP contribution in [0, 0.1) is 0 Å². The molecule has 0 aliphatic heterocycles. The minimum atomic E-state index is 0.0253. The fourth-order valence-corrected chi connectivity index (χ4v) is 2.92. The number of carbonyl (C=O) groups excluding carboxylic acids is 1. The third-order valence-electron chi connectivity index (χ3n) is 2.64. The van der Waals surface area contributed by atoms with Gasteiger partial charge in [0.15, 0.2) is 0 Å². The van der Waals surface area contributed by atoms with Crippen LogP contribution < -0.4 is 5.32 Å². The summed E-state index contributed by atoms with van der Waals surface area (Å²) in [5, 5.41) is 7.75. The van der Waals surface area contributed by atoms with Crippen molar-refractivity contribution >= 4 is 33.2 Å². The third-order valence-corrected chi connectivity index (χ3v) is 4.02. The van der Waals surface area contributed by atoms with Crippen LogP contribution in [0.5, 0.6) is 0 Å². The molecular weight excluding hydrogens is 310 g/mol. The Morgan fingerprint density at radius 3 is 2.67 bits per heavy atom. The van der Waals surface area contributed by atoms with E-state index in [1.165, 1.54) is 0 Å². The van der Waals surface area contributed by atoms with Crippen LogP contribution >= 0.6 is 27.3 Å². The SMILES string of the molecule is O=C(Cc1ccsc1)NC(CBr)c1ccccc1. The van der Waals surface area contributed by atoms with Gasteiger partial charge in [0.1, 0.15) is 0 Å². The summed E-state index contributed by atoms with van der Waals surface area (Å²) in [4.78, 5) is 11.9. The molecule has 1 aromatic carbocycles. The second-order valence-electron chi connectivity index (χ2n) is 3.99. The molecule has 0 radical (unpaired) electrons. The Balaban J connectivity index is 1.96. The summed E-state index contributed by atoms with van der Waals surface area (Å²) in [7, 11) is 0. The predicted molar refractivity (Wildman–Crippen MR) is 79.1 cm³/mol. The molecule has 0 spiro atoms. The number of nitrogens with one attached hydrogen (secondary N) is 1. The monoisotopic (exact) mass is 323 g/mol. The molecule has 1 atom stereocenters.